The summed E-state index contributed by atoms with van der Waals surface area (Å²) >= 11 is 14.7. The van der Waals surface area contributed by atoms with Gasteiger partial charge in [0.05, 0.1) is 22.6 Å². The van der Waals surface area contributed by atoms with Crippen molar-refractivity contribution in [1.82, 2.24) is 14.5 Å². The van der Waals surface area contributed by atoms with Crippen LogP contribution in [0.3, 0.4) is 0 Å². The van der Waals surface area contributed by atoms with Gasteiger partial charge in [0.25, 0.3) is 5.56 Å². The van der Waals surface area contributed by atoms with Crippen molar-refractivity contribution in [2.45, 2.75) is 13.1 Å². The number of carbonyl (C=O) groups excluding carboxylic acids is 1. The molecule has 0 saturated carbocycles. The van der Waals surface area contributed by atoms with Gasteiger partial charge in [-0.25, -0.2) is 4.98 Å². The summed E-state index contributed by atoms with van der Waals surface area (Å²) in [6, 6.07) is 11.0. The Morgan fingerprint density at radius 3 is 2.62 bits per heavy atom. The van der Waals surface area contributed by atoms with Crippen molar-refractivity contribution in [3.63, 3.8) is 0 Å². The molecule has 3 heterocycles. The van der Waals surface area contributed by atoms with Crippen LogP contribution < -0.4 is 5.56 Å². The Balaban J connectivity index is 1.61. The van der Waals surface area contributed by atoms with Crippen LogP contribution in [0.1, 0.15) is 4.88 Å². The van der Waals surface area contributed by atoms with Gasteiger partial charge < -0.3 is 4.90 Å². The summed E-state index contributed by atoms with van der Waals surface area (Å²) in [7, 11) is 1.71. The third-order valence-electron chi connectivity index (χ3n) is 4.47. The number of rotatable bonds is 5. The van der Waals surface area contributed by atoms with E-state index in [-0.39, 0.29) is 18.0 Å². The predicted molar refractivity (Wildman–Crippen MR) is 120 cm³/mol. The third-order valence-corrected chi connectivity index (χ3v) is 6.82. The molecule has 0 radical (unpaired) electrons. The summed E-state index contributed by atoms with van der Waals surface area (Å²) in [5.74, 6) is -0.180. The number of amides is 1. The zero-order valence-electron chi connectivity index (χ0n) is 15.3. The third kappa shape index (κ3) is 4.23. The van der Waals surface area contributed by atoms with Crippen molar-refractivity contribution in [2.24, 2.45) is 0 Å². The lowest BCUT2D eigenvalue weighted by Crippen LogP contribution is -2.33. The molecular formula is C20H15Cl2N3O2S2. The van der Waals surface area contributed by atoms with Gasteiger partial charge in [-0.05, 0) is 29.8 Å². The van der Waals surface area contributed by atoms with E-state index in [0.717, 1.165) is 16.0 Å². The number of hydrogen-bond acceptors (Lipinski definition) is 5. The van der Waals surface area contributed by atoms with Crippen LogP contribution in [0, 0.1) is 0 Å². The normalized spacial score (nSPS) is 11.1. The van der Waals surface area contributed by atoms with Crippen LogP contribution in [0.5, 0.6) is 0 Å². The second-order valence-corrected chi connectivity index (χ2v) is 9.56. The van der Waals surface area contributed by atoms with Gasteiger partial charge in [0.2, 0.25) is 5.91 Å². The highest BCUT2D eigenvalue weighted by Crippen LogP contribution is 2.31. The molecule has 9 heteroatoms. The van der Waals surface area contributed by atoms with Crippen LogP contribution in [-0.2, 0) is 17.9 Å². The minimum atomic E-state index is -0.234. The lowest BCUT2D eigenvalue weighted by atomic mass is 10.1. The first-order valence-corrected chi connectivity index (χ1v) is 11.1. The van der Waals surface area contributed by atoms with Crippen molar-refractivity contribution >= 4 is 62.0 Å². The molecule has 3 aromatic heterocycles. The lowest BCUT2D eigenvalue weighted by molar-refractivity contribution is -0.131. The Labute approximate surface area is 184 Å². The van der Waals surface area contributed by atoms with E-state index in [1.807, 2.05) is 23.6 Å². The van der Waals surface area contributed by atoms with E-state index >= 15 is 0 Å². The van der Waals surface area contributed by atoms with Crippen LogP contribution in [-0.4, -0.2) is 27.4 Å². The maximum atomic E-state index is 13.1. The van der Waals surface area contributed by atoms with Crippen LogP contribution in [0.15, 0.2) is 52.9 Å². The van der Waals surface area contributed by atoms with Crippen molar-refractivity contribution < 1.29 is 4.79 Å². The molecule has 5 nitrogen and oxygen atoms in total. The highest BCUT2D eigenvalue weighted by Gasteiger charge is 2.17. The molecule has 0 saturated heterocycles. The second kappa shape index (κ2) is 8.28. The van der Waals surface area contributed by atoms with Gasteiger partial charge >= 0.3 is 0 Å². The fourth-order valence-corrected chi connectivity index (χ4v) is 5.12. The summed E-state index contributed by atoms with van der Waals surface area (Å²) in [6.07, 6.45) is 1.43. The standard InChI is InChI=1S/C20H15Cl2N3O2S2/c1-24(8-14-6-7-16(22)29-14)17(26)9-25-11-23-19-18(20(25)27)15(10-28-19)12-2-4-13(21)5-3-12/h2-7,10-11H,8-9H2,1H3. The molecule has 0 aliphatic heterocycles. The number of thiophene rings is 2. The van der Waals surface area contributed by atoms with E-state index in [1.54, 1.807) is 30.1 Å². The SMILES string of the molecule is CN(Cc1ccc(Cl)s1)C(=O)Cn1cnc2scc(-c3ccc(Cl)cc3)c2c1=O. The number of fused-ring (bicyclic) bond motifs is 1. The molecule has 0 N–H and O–H groups in total. The van der Waals surface area contributed by atoms with Crippen molar-refractivity contribution in [1.29, 1.82) is 0 Å². The molecule has 0 aliphatic carbocycles. The average Bonchev–Trinajstić information content (AvgIpc) is 3.31. The maximum absolute atomic E-state index is 13.1. The van der Waals surface area contributed by atoms with Gasteiger partial charge in [-0.2, -0.15) is 0 Å². The lowest BCUT2D eigenvalue weighted by Gasteiger charge is -2.17. The maximum Gasteiger partial charge on any atom is 0.263 e. The molecule has 1 aromatic carbocycles. The summed E-state index contributed by atoms with van der Waals surface area (Å²) in [6.45, 7) is 0.363. The Hall–Kier alpha value is -2.19. The first-order chi connectivity index (χ1) is 13.9. The van der Waals surface area contributed by atoms with Gasteiger partial charge in [-0.15, -0.1) is 22.7 Å². The summed E-state index contributed by atoms with van der Waals surface area (Å²) in [4.78, 5) is 33.3. The fourth-order valence-electron chi connectivity index (χ4n) is 2.95. The van der Waals surface area contributed by atoms with Crippen molar-refractivity contribution in [3.05, 3.63) is 72.7 Å². The van der Waals surface area contributed by atoms with Gasteiger partial charge in [0, 0.05) is 27.9 Å². The summed E-state index contributed by atoms with van der Waals surface area (Å²) in [5.41, 5.74) is 1.44. The van der Waals surface area contributed by atoms with Crippen LogP contribution in [0.2, 0.25) is 9.36 Å². The molecule has 0 unspecified atom stereocenters. The Morgan fingerprint density at radius 2 is 1.93 bits per heavy atom. The molecule has 0 bridgehead atoms. The Kier molecular flexibility index (Phi) is 5.74. The minimum absolute atomic E-state index is 0.0761. The molecule has 0 atom stereocenters. The van der Waals surface area contributed by atoms with Crippen molar-refractivity contribution in [2.75, 3.05) is 7.05 Å². The van der Waals surface area contributed by atoms with Crippen molar-refractivity contribution in [3.8, 4) is 11.1 Å². The van der Waals surface area contributed by atoms with E-state index in [2.05, 4.69) is 4.98 Å². The molecule has 0 fully saturated rings. The molecule has 4 rings (SSSR count). The van der Waals surface area contributed by atoms with Gasteiger partial charge in [-0.3, -0.25) is 14.2 Å². The van der Waals surface area contributed by atoms with Gasteiger partial charge in [0.1, 0.15) is 11.4 Å². The quantitative estimate of drug-likeness (QED) is 0.411. The molecular weight excluding hydrogens is 449 g/mol. The smallest absolute Gasteiger partial charge is 0.263 e. The number of nitrogens with zero attached hydrogens (tertiary/aromatic N) is 3. The molecule has 0 aliphatic rings. The molecule has 1 amide bonds. The van der Waals surface area contributed by atoms with Gasteiger partial charge in [-0.1, -0.05) is 35.3 Å². The largest absolute Gasteiger partial charge is 0.339 e. The monoisotopic (exact) mass is 463 g/mol. The molecule has 4 aromatic rings. The van der Waals surface area contributed by atoms with Crippen LogP contribution >= 0.6 is 45.9 Å². The van der Waals surface area contributed by atoms with E-state index in [0.29, 0.717) is 26.1 Å². The number of likely N-dealkylation sites (N-methyl/N-ethyl adjacent to an activating group) is 1. The van der Waals surface area contributed by atoms with Gasteiger partial charge in [0.15, 0.2) is 0 Å². The summed E-state index contributed by atoms with van der Waals surface area (Å²) in [5, 5.41) is 3.05. The number of carbonyl (C=O) groups is 1. The number of aromatic nitrogens is 2. The number of benzene rings is 1. The van der Waals surface area contributed by atoms with Crippen LogP contribution in [0.4, 0.5) is 0 Å². The zero-order valence-corrected chi connectivity index (χ0v) is 18.4. The molecule has 148 valence electrons. The van der Waals surface area contributed by atoms with Crippen LogP contribution in [0.25, 0.3) is 21.3 Å². The number of hydrogen-bond donors (Lipinski definition) is 0. The molecule has 0 spiro atoms. The highest BCUT2D eigenvalue weighted by molar-refractivity contribution is 7.17. The fraction of sp³-hybridized carbons (Fsp3) is 0.150. The topological polar surface area (TPSA) is 55.2 Å². The first-order valence-electron chi connectivity index (χ1n) is 8.63. The van der Waals surface area contributed by atoms with E-state index < -0.39 is 0 Å². The average molecular weight is 464 g/mol. The van der Waals surface area contributed by atoms with E-state index in [4.69, 9.17) is 23.2 Å². The van der Waals surface area contributed by atoms with E-state index in [1.165, 1.54) is 33.6 Å². The minimum Gasteiger partial charge on any atom is -0.339 e. The second-order valence-electron chi connectivity index (χ2n) is 6.47. The number of halogens is 2. The zero-order chi connectivity index (χ0) is 20.5. The summed E-state index contributed by atoms with van der Waals surface area (Å²) < 4.78 is 2.04. The molecule has 29 heavy (non-hydrogen) atoms. The Bertz CT molecular complexity index is 1240. The Morgan fingerprint density at radius 1 is 1.17 bits per heavy atom. The van der Waals surface area contributed by atoms with E-state index in [9.17, 15) is 9.59 Å². The highest BCUT2D eigenvalue weighted by atomic mass is 35.5. The predicted octanol–water partition coefficient (Wildman–Crippen LogP) is 5.15. The first kappa shape index (κ1) is 20.1.